The summed E-state index contributed by atoms with van der Waals surface area (Å²) < 4.78 is 5.85. The van der Waals surface area contributed by atoms with E-state index in [1.165, 1.54) is 0 Å². The molecule has 0 aliphatic rings. The van der Waals surface area contributed by atoms with Crippen LogP contribution < -0.4 is 10.1 Å². The molecule has 0 atom stereocenters. The molecular weight excluding hydrogens is 294 g/mol. The highest BCUT2D eigenvalue weighted by Crippen LogP contribution is 2.28. The van der Waals surface area contributed by atoms with E-state index >= 15 is 0 Å². The minimum atomic E-state index is 0.271. The molecule has 94 valence electrons. The van der Waals surface area contributed by atoms with Crippen LogP contribution in [0.25, 0.3) is 0 Å². The number of benzene rings is 2. The van der Waals surface area contributed by atoms with Crippen LogP contribution in [0.3, 0.4) is 0 Å². The molecular formula is C14H14BrNO2. The smallest absolute Gasteiger partial charge is 0.134 e. The predicted molar refractivity (Wildman–Crippen MR) is 76.1 cm³/mol. The lowest BCUT2D eigenvalue weighted by Crippen LogP contribution is -2.00. The van der Waals surface area contributed by atoms with Crippen molar-refractivity contribution in [2.24, 2.45) is 0 Å². The van der Waals surface area contributed by atoms with Crippen molar-refractivity contribution < 1.29 is 9.84 Å². The lowest BCUT2D eigenvalue weighted by Gasteiger charge is -2.10. The van der Waals surface area contributed by atoms with Gasteiger partial charge in [-0.1, -0.05) is 18.2 Å². The molecule has 0 saturated carbocycles. The van der Waals surface area contributed by atoms with Crippen LogP contribution >= 0.6 is 15.9 Å². The summed E-state index contributed by atoms with van der Waals surface area (Å²) in [5.74, 6) is 1.08. The van der Waals surface area contributed by atoms with Crippen LogP contribution in [-0.2, 0) is 6.54 Å². The quantitative estimate of drug-likeness (QED) is 0.903. The molecule has 2 aromatic carbocycles. The Labute approximate surface area is 115 Å². The molecule has 18 heavy (non-hydrogen) atoms. The average molecular weight is 308 g/mol. The van der Waals surface area contributed by atoms with Gasteiger partial charge in [-0.25, -0.2) is 0 Å². The van der Waals surface area contributed by atoms with E-state index in [1.807, 2.05) is 42.5 Å². The summed E-state index contributed by atoms with van der Waals surface area (Å²) in [5.41, 5.74) is 1.79. The SMILES string of the molecule is COc1cccc(NCc2cccc(Br)c2O)c1. The summed E-state index contributed by atoms with van der Waals surface area (Å²) in [7, 11) is 1.64. The van der Waals surface area contributed by atoms with E-state index < -0.39 is 0 Å². The number of ether oxygens (including phenoxy) is 1. The summed E-state index contributed by atoms with van der Waals surface area (Å²) in [6, 6.07) is 13.3. The van der Waals surface area contributed by atoms with Gasteiger partial charge < -0.3 is 15.2 Å². The summed E-state index contributed by atoms with van der Waals surface area (Å²) >= 11 is 3.30. The van der Waals surface area contributed by atoms with Crippen molar-refractivity contribution in [1.29, 1.82) is 0 Å². The van der Waals surface area contributed by atoms with Gasteiger partial charge in [-0.05, 0) is 34.1 Å². The summed E-state index contributed by atoms with van der Waals surface area (Å²) in [4.78, 5) is 0. The largest absolute Gasteiger partial charge is 0.506 e. The third-order valence-electron chi connectivity index (χ3n) is 2.62. The molecule has 0 aliphatic carbocycles. The molecule has 0 fully saturated rings. The first-order chi connectivity index (χ1) is 8.70. The number of phenolic OH excluding ortho intramolecular Hbond substituents is 1. The van der Waals surface area contributed by atoms with Crippen molar-refractivity contribution in [1.82, 2.24) is 0 Å². The third-order valence-corrected chi connectivity index (χ3v) is 3.26. The number of para-hydroxylation sites is 1. The molecule has 2 rings (SSSR count). The summed E-state index contributed by atoms with van der Waals surface area (Å²) in [6.45, 7) is 0.554. The zero-order valence-electron chi connectivity index (χ0n) is 9.98. The number of hydrogen-bond donors (Lipinski definition) is 2. The van der Waals surface area contributed by atoms with Gasteiger partial charge in [-0.2, -0.15) is 0 Å². The second kappa shape index (κ2) is 5.78. The van der Waals surface area contributed by atoms with Crippen LogP contribution in [0.4, 0.5) is 5.69 Å². The van der Waals surface area contributed by atoms with Gasteiger partial charge in [-0.3, -0.25) is 0 Å². The van der Waals surface area contributed by atoms with Crippen LogP contribution in [0.5, 0.6) is 11.5 Å². The highest BCUT2D eigenvalue weighted by atomic mass is 79.9. The monoisotopic (exact) mass is 307 g/mol. The Kier molecular flexibility index (Phi) is 4.10. The predicted octanol–water partition coefficient (Wildman–Crippen LogP) is 3.78. The second-order valence-electron chi connectivity index (χ2n) is 3.83. The van der Waals surface area contributed by atoms with Gasteiger partial charge in [0.15, 0.2) is 0 Å². The van der Waals surface area contributed by atoms with E-state index in [1.54, 1.807) is 7.11 Å². The fraction of sp³-hybridized carbons (Fsp3) is 0.143. The first-order valence-electron chi connectivity index (χ1n) is 5.55. The molecule has 2 aromatic rings. The van der Waals surface area contributed by atoms with Crippen LogP contribution in [0.1, 0.15) is 5.56 Å². The first-order valence-corrected chi connectivity index (χ1v) is 6.34. The standard InChI is InChI=1S/C14H14BrNO2/c1-18-12-6-3-5-11(8-12)16-9-10-4-2-7-13(15)14(10)17/h2-8,16-17H,9H2,1H3. The van der Waals surface area contributed by atoms with Gasteiger partial charge in [0.05, 0.1) is 11.6 Å². The van der Waals surface area contributed by atoms with Crippen molar-refractivity contribution in [2.75, 3.05) is 12.4 Å². The molecule has 2 N–H and O–H groups in total. The lowest BCUT2D eigenvalue weighted by atomic mass is 10.2. The fourth-order valence-corrected chi connectivity index (χ4v) is 2.04. The Morgan fingerprint density at radius 2 is 2.00 bits per heavy atom. The molecule has 0 spiro atoms. The maximum Gasteiger partial charge on any atom is 0.134 e. The highest BCUT2D eigenvalue weighted by molar-refractivity contribution is 9.10. The van der Waals surface area contributed by atoms with E-state index in [4.69, 9.17) is 4.74 Å². The number of phenols is 1. The van der Waals surface area contributed by atoms with Gasteiger partial charge >= 0.3 is 0 Å². The van der Waals surface area contributed by atoms with E-state index in [0.717, 1.165) is 17.0 Å². The summed E-state index contributed by atoms with van der Waals surface area (Å²) in [5, 5.41) is 13.1. The molecule has 0 heterocycles. The Morgan fingerprint density at radius 1 is 1.22 bits per heavy atom. The zero-order chi connectivity index (χ0) is 13.0. The Hall–Kier alpha value is -1.68. The topological polar surface area (TPSA) is 41.5 Å². The average Bonchev–Trinajstić information content (AvgIpc) is 2.41. The van der Waals surface area contributed by atoms with Gasteiger partial charge in [0.1, 0.15) is 11.5 Å². The molecule has 0 aliphatic heterocycles. The van der Waals surface area contributed by atoms with E-state index in [2.05, 4.69) is 21.2 Å². The Balaban J connectivity index is 2.09. The van der Waals surface area contributed by atoms with E-state index in [0.29, 0.717) is 11.0 Å². The summed E-state index contributed by atoms with van der Waals surface area (Å²) in [6.07, 6.45) is 0. The molecule has 0 aromatic heterocycles. The Bertz CT molecular complexity index is 543. The Morgan fingerprint density at radius 3 is 2.78 bits per heavy atom. The van der Waals surface area contributed by atoms with Crippen molar-refractivity contribution in [3.63, 3.8) is 0 Å². The van der Waals surface area contributed by atoms with E-state index in [9.17, 15) is 5.11 Å². The number of methoxy groups -OCH3 is 1. The maximum absolute atomic E-state index is 9.86. The van der Waals surface area contributed by atoms with Gasteiger partial charge in [0, 0.05) is 23.9 Å². The van der Waals surface area contributed by atoms with Crippen LogP contribution in [0, 0.1) is 0 Å². The van der Waals surface area contributed by atoms with Crippen LogP contribution in [-0.4, -0.2) is 12.2 Å². The lowest BCUT2D eigenvalue weighted by molar-refractivity contribution is 0.415. The molecule has 0 unspecified atom stereocenters. The number of nitrogens with one attached hydrogen (secondary N) is 1. The van der Waals surface area contributed by atoms with Crippen molar-refractivity contribution in [3.05, 3.63) is 52.5 Å². The van der Waals surface area contributed by atoms with Crippen LogP contribution in [0.2, 0.25) is 0 Å². The minimum absolute atomic E-state index is 0.271. The molecule has 0 saturated heterocycles. The molecule has 0 amide bonds. The third kappa shape index (κ3) is 2.96. The van der Waals surface area contributed by atoms with Crippen molar-refractivity contribution in [3.8, 4) is 11.5 Å². The highest BCUT2D eigenvalue weighted by Gasteiger charge is 2.04. The van der Waals surface area contributed by atoms with Crippen molar-refractivity contribution in [2.45, 2.75) is 6.54 Å². The number of hydrogen-bond acceptors (Lipinski definition) is 3. The second-order valence-corrected chi connectivity index (χ2v) is 4.69. The molecule has 4 heteroatoms. The zero-order valence-corrected chi connectivity index (χ0v) is 11.6. The normalized spacial score (nSPS) is 10.1. The molecule has 0 bridgehead atoms. The maximum atomic E-state index is 9.86. The van der Waals surface area contributed by atoms with E-state index in [-0.39, 0.29) is 5.75 Å². The number of halogens is 1. The number of rotatable bonds is 4. The van der Waals surface area contributed by atoms with Gasteiger partial charge in [-0.15, -0.1) is 0 Å². The molecule has 3 nitrogen and oxygen atoms in total. The minimum Gasteiger partial charge on any atom is -0.506 e. The van der Waals surface area contributed by atoms with Gasteiger partial charge in [0.25, 0.3) is 0 Å². The van der Waals surface area contributed by atoms with Crippen LogP contribution in [0.15, 0.2) is 46.9 Å². The first kappa shape index (κ1) is 12.8. The number of anilines is 1. The fourth-order valence-electron chi connectivity index (χ4n) is 1.63. The number of aromatic hydroxyl groups is 1. The molecule has 0 radical (unpaired) electrons. The van der Waals surface area contributed by atoms with Gasteiger partial charge in [0.2, 0.25) is 0 Å². The van der Waals surface area contributed by atoms with Crippen molar-refractivity contribution >= 4 is 21.6 Å².